The monoisotopic (exact) mass is 577 g/mol. The van der Waals surface area contributed by atoms with E-state index in [9.17, 15) is 4.79 Å². The lowest BCUT2D eigenvalue weighted by Crippen LogP contribution is -2.43. The second kappa shape index (κ2) is 12.5. The Morgan fingerprint density at radius 2 is 2.08 bits per heavy atom. The van der Waals surface area contributed by atoms with Crippen molar-refractivity contribution in [3.05, 3.63) is 27.9 Å². The van der Waals surface area contributed by atoms with Gasteiger partial charge < -0.3 is 19.1 Å². The van der Waals surface area contributed by atoms with Gasteiger partial charge in [-0.3, -0.25) is 0 Å². The van der Waals surface area contributed by atoms with E-state index >= 15 is 0 Å². The number of carbonyl (C=O) groups is 1. The van der Waals surface area contributed by atoms with Crippen molar-refractivity contribution in [2.75, 3.05) is 32.9 Å². The quantitative estimate of drug-likeness (QED) is 0.315. The van der Waals surface area contributed by atoms with Gasteiger partial charge in [0.1, 0.15) is 5.60 Å². The number of hydrogen-bond acceptors (Lipinski definition) is 5. The highest BCUT2D eigenvalue weighted by molar-refractivity contribution is 9.10. The van der Waals surface area contributed by atoms with Crippen molar-refractivity contribution >= 4 is 32.9 Å². The molecule has 0 spiro atoms. The number of hydrogen-bond donors (Lipinski definition) is 0. The number of nitrogens with zero attached hydrogens (tertiary/aromatic N) is 3. The standard InChI is InChI=1S/C29H44BrN3O4/c1-20(11-14-35-19-22-9-8-12-32(18-22)28(34)37-29(3,4)5)15-23-21(2)16-25-24(27(23)30)17-31-33(25)26-10-6-7-13-36-26/h16-17,20,22,26H,6-15,18-19H2,1-5H3/t20?,22-,26?/m1/s1. The first-order valence-electron chi connectivity index (χ1n) is 13.9. The van der Waals surface area contributed by atoms with Crippen LogP contribution in [-0.2, 0) is 20.6 Å². The van der Waals surface area contributed by atoms with Gasteiger partial charge in [-0.2, -0.15) is 5.10 Å². The topological polar surface area (TPSA) is 65.8 Å². The summed E-state index contributed by atoms with van der Waals surface area (Å²) >= 11 is 3.90. The van der Waals surface area contributed by atoms with Crippen molar-refractivity contribution in [2.24, 2.45) is 11.8 Å². The van der Waals surface area contributed by atoms with E-state index in [2.05, 4.69) is 45.6 Å². The molecule has 37 heavy (non-hydrogen) atoms. The molecule has 3 heterocycles. The van der Waals surface area contributed by atoms with Crippen LogP contribution in [0.1, 0.15) is 83.6 Å². The summed E-state index contributed by atoms with van der Waals surface area (Å²) in [5.74, 6) is 0.869. The van der Waals surface area contributed by atoms with E-state index in [1.807, 2.05) is 31.9 Å². The maximum absolute atomic E-state index is 12.4. The molecule has 0 N–H and O–H groups in total. The fraction of sp³-hybridized carbons (Fsp3) is 0.724. The lowest BCUT2D eigenvalue weighted by Gasteiger charge is -2.34. The van der Waals surface area contributed by atoms with Gasteiger partial charge in [0.15, 0.2) is 6.23 Å². The second-order valence-electron chi connectivity index (χ2n) is 11.9. The number of aromatic nitrogens is 2. The summed E-state index contributed by atoms with van der Waals surface area (Å²) in [4.78, 5) is 14.3. The smallest absolute Gasteiger partial charge is 0.410 e. The second-order valence-corrected chi connectivity index (χ2v) is 12.7. The molecule has 2 unspecified atom stereocenters. The van der Waals surface area contributed by atoms with Crippen LogP contribution >= 0.6 is 15.9 Å². The van der Waals surface area contributed by atoms with E-state index in [1.165, 1.54) is 17.5 Å². The Morgan fingerprint density at radius 3 is 2.81 bits per heavy atom. The fourth-order valence-corrected chi connectivity index (χ4v) is 6.17. The molecule has 2 fully saturated rings. The number of piperidine rings is 1. The molecular formula is C29H44BrN3O4. The molecule has 1 aromatic carbocycles. The maximum Gasteiger partial charge on any atom is 0.410 e. The van der Waals surface area contributed by atoms with Crippen LogP contribution in [0.5, 0.6) is 0 Å². The molecule has 2 aromatic rings. The fourth-order valence-electron chi connectivity index (χ4n) is 5.39. The molecule has 1 aromatic heterocycles. The van der Waals surface area contributed by atoms with Gasteiger partial charge in [-0.1, -0.05) is 6.92 Å². The van der Waals surface area contributed by atoms with Crippen LogP contribution in [0.4, 0.5) is 4.79 Å². The number of ether oxygens (including phenoxy) is 3. The number of rotatable bonds is 8. The summed E-state index contributed by atoms with van der Waals surface area (Å²) in [6, 6.07) is 2.27. The van der Waals surface area contributed by atoms with Gasteiger partial charge in [0.25, 0.3) is 0 Å². The minimum Gasteiger partial charge on any atom is -0.444 e. The molecule has 206 valence electrons. The SMILES string of the molecule is Cc1cc2c(cnn2C2CCCCO2)c(Br)c1CC(C)CCOC[C@@H]1CCCN(C(=O)OC(C)(C)C)C1. The summed E-state index contributed by atoms with van der Waals surface area (Å²) < 4.78 is 20.8. The van der Waals surface area contributed by atoms with Crippen LogP contribution in [0.15, 0.2) is 16.7 Å². The average Bonchev–Trinajstić information content (AvgIpc) is 3.28. The zero-order valence-electron chi connectivity index (χ0n) is 23.2. The summed E-state index contributed by atoms with van der Waals surface area (Å²) in [7, 11) is 0. The molecule has 0 radical (unpaired) electrons. The molecule has 2 aliphatic rings. The van der Waals surface area contributed by atoms with Crippen LogP contribution in [0.2, 0.25) is 0 Å². The third kappa shape index (κ3) is 7.48. The van der Waals surface area contributed by atoms with Crippen molar-refractivity contribution in [1.29, 1.82) is 0 Å². The van der Waals surface area contributed by atoms with Gasteiger partial charge in [0.05, 0.1) is 18.3 Å². The lowest BCUT2D eigenvalue weighted by molar-refractivity contribution is -0.0366. The van der Waals surface area contributed by atoms with E-state index in [0.717, 1.165) is 80.2 Å². The van der Waals surface area contributed by atoms with Gasteiger partial charge in [-0.05, 0) is 112 Å². The number of aryl methyl sites for hydroxylation is 1. The molecule has 2 saturated heterocycles. The van der Waals surface area contributed by atoms with Crippen molar-refractivity contribution in [3.63, 3.8) is 0 Å². The largest absolute Gasteiger partial charge is 0.444 e. The van der Waals surface area contributed by atoms with Gasteiger partial charge in [-0.15, -0.1) is 0 Å². The Bertz CT molecular complexity index is 1060. The van der Waals surface area contributed by atoms with Crippen molar-refractivity contribution in [2.45, 2.75) is 91.4 Å². The first-order valence-corrected chi connectivity index (χ1v) is 14.7. The Kier molecular flexibility index (Phi) is 9.57. The Morgan fingerprint density at radius 1 is 1.27 bits per heavy atom. The first-order chi connectivity index (χ1) is 17.6. The summed E-state index contributed by atoms with van der Waals surface area (Å²) in [6.07, 6.45) is 9.24. The molecule has 0 aliphatic carbocycles. The zero-order valence-corrected chi connectivity index (χ0v) is 24.8. The molecule has 7 nitrogen and oxygen atoms in total. The van der Waals surface area contributed by atoms with E-state index < -0.39 is 5.60 Å². The number of likely N-dealkylation sites (tertiary alicyclic amines) is 1. The van der Waals surface area contributed by atoms with Gasteiger partial charge in [0, 0.05) is 42.1 Å². The number of benzene rings is 1. The van der Waals surface area contributed by atoms with E-state index in [-0.39, 0.29) is 12.3 Å². The van der Waals surface area contributed by atoms with E-state index in [0.29, 0.717) is 18.4 Å². The van der Waals surface area contributed by atoms with Crippen LogP contribution < -0.4 is 0 Å². The van der Waals surface area contributed by atoms with Crippen LogP contribution in [0.25, 0.3) is 10.9 Å². The molecule has 8 heteroatoms. The minimum atomic E-state index is -0.459. The number of fused-ring (bicyclic) bond motifs is 1. The van der Waals surface area contributed by atoms with Gasteiger partial charge in [0.2, 0.25) is 0 Å². The molecular weight excluding hydrogens is 534 g/mol. The molecule has 2 aliphatic heterocycles. The maximum atomic E-state index is 12.4. The first kappa shape index (κ1) is 28.4. The molecule has 1 amide bonds. The van der Waals surface area contributed by atoms with E-state index in [1.54, 1.807) is 0 Å². The molecule has 0 bridgehead atoms. The molecule has 4 rings (SSSR count). The van der Waals surface area contributed by atoms with Crippen LogP contribution in [0.3, 0.4) is 0 Å². The minimum absolute atomic E-state index is 0.0415. The van der Waals surface area contributed by atoms with Crippen molar-refractivity contribution in [3.8, 4) is 0 Å². The third-order valence-corrected chi connectivity index (χ3v) is 8.33. The molecule has 3 atom stereocenters. The highest BCUT2D eigenvalue weighted by Gasteiger charge is 2.28. The van der Waals surface area contributed by atoms with Gasteiger partial charge >= 0.3 is 6.09 Å². The van der Waals surface area contributed by atoms with Crippen LogP contribution in [-0.4, -0.2) is 59.3 Å². The average molecular weight is 579 g/mol. The van der Waals surface area contributed by atoms with Crippen LogP contribution in [0, 0.1) is 18.8 Å². The molecule has 0 saturated carbocycles. The number of carbonyl (C=O) groups excluding carboxylic acids is 1. The Hall–Kier alpha value is -1.64. The van der Waals surface area contributed by atoms with Gasteiger partial charge in [-0.25, -0.2) is 9.48 Å². The predicted octanol–water partition coefficient (Wildman–Crippen LogP) is 7.04. The van der Waals surface area contributed by atoms with Crippen molar-refractivity contribution in [1.82, 2.24) is 14.7 Å². The number of amides is 1. The summed E-state index contributed by atoms with van der Waals surface area (Å²) in [5, 5.41) is 5.85. The van der Waals surface area contributed by atoms with E-state index in [4.69, 9.17) is 14.2 Å². The predicted molar refractivity (Wildman–Crippen MR) is 150 cm³/mol. The summed E-state index contributed by atoms with van der Waals surface area (Å²) in [6.45, 7) is 14.0. The summed E-state index contributed by atoms with van der Waals surface area (Å²) in [5.41, 5.74) is 3.32. The Labute approximate surface area is 230 Å². The zero-order chi connectivity index (χ0) is 26.6. The van der Waals surface area contributed by atoms with Crippen molar-refractivity contribution < 1.29 is 19.0 Å². The third-order valence-electron chi connectivity index (χ3n) is 7.42. The number of halogens is 1. The normalized spacial score (nSPS) is 21.8. The highest BCUT2D eigenvalue weighted by Crippen LogP contribution is 2.35. The lowest BCUT2D eigenvalue weighted by atomic mass is 9.94. The highest BCUT2D eigenvalue weighted by atomic mass is 79.9. The Balaban J connectivity index is 1.26.